The first-order valence-corrected chi connectivity index (χ1v) is 13.3. The average Bonchev–Trinajstić information content (AvgIpc) is 3.58. The predicted molar refractivity (Wildman–Crippen MR) is 144 cm³/mol. The van der Waals surface area contributed by atoms with Gasteiger partial charge in [0.15, 0.2) is 0 Å². The van der Waals surface area contributed by atoms with E-state index < -0.39 is 0 Å². The van der Waals surface area contributed by atoms with Crippen LogP contribution in [0.3, 0.4) is 0 Å². The van der Waals surface area contributed by atoms with E-state index in [9.17, 15) is 9.59 Å². The number of carbonyl (C=O) groups excluding carboxylic acids is 2. The number of hydrazine groups is 1. The minimum Gasteiger partial charge on any atom is -0.376 e. The second-order valence-corrected chi connectivity index (χ2v) is 10.6. The van der Waals surface area contributed by atoms with Crippen LogP contribution in [0.25, 0.3) is 11.4 Å². The van der Waals surface area contributed by atoms with E-state index in [2.05, 4.69) is 46.1 Å². The van der Waals surface area contributed by atoms with Gasteiger partial charge in [-0.2, -0.15) is 4.98 Å². The number of thiophene rings is 1. The van der Waals surface area contributed by atoms with Gasteiger partial charge in [0.05, 0.1) is 13.1 Å². The maximum absolute atomic E-state index is 13.3. The molecule has 0 saturated heterocycles. The summed E-state index contributed by atoms with van der Waals surface area (Å²) in [6.07, 6.45) is 0. The Morgan fingerprint density at radius 2 is 2.00 bits per heavy atom. The number of anilines is 1. The van der Waals surface area contributed by atoms with Gasteiger partial charge in [-0.15, -0.1) is 11.3 Å². The molecule has 1 aliphatic heterocycles. The predicted octanol–water partition coefficient (Wildman–Crippen LogP) is 3.04. The first kappa shape index (κ1) is 26.8. The Balaban J connectivity index is 1.39. The van der Waals surface area contributed by atoms with Crippen molar-refractivity contribution < 1.29 is 14.1 Å². The maximum atomic E-state index is 13.3. The smallest absolute Gasteiger partial charge is 0.256 e. The van der Waals surface area contributed by atoms with Gasteiger partial charge >= 0.3 is 0 Å². The average molecular weight is 526 g/mol. The molecule has 0 unspecified atom stereocenters. The Kier molecular flexibility index (Phi) is 8.57. The molecule has 198 valence electrons. The lowest BCUT2D eigenvalue weighted by atomic mass is 10.1. The number of hydrogen-bond donors (Lipinski definition) is 2. The molecule has 10 nitrogen and oxygen atoms in total. The van der Waals surface area contributed by atoms with Gasteiger partial charge in [-0.1, -0.05) is 31.1 Å². The van der Waals surface area contributed by atoms with E-state index in [4.69, 9.17) is 4.52 Å². The molecule has 11 heteroatoms. The molecule has 1 aromatic carbocycles. The number of aromatic nitrogens is 2. The van der Waals surface area contributed by atoms with Crippen LogP contribution in [0.4, 0.5) is 5.69 Å². The fraction of sp³-hybridized carbons (Fsp3) is 0.462. The monoisotopic (exact) mass is 525 g/mol. The molecule has 3 aromatic rings. The molecule has 37 heavy (non-hydrogen) atoms. The lowest BCUT2D eigenvalue weighted by Crippen LogP contribution is -2.49. The summed E-state index contributed by atoms with van der Waals surface area (Å²) in [6, 6.07) is 8.17. The Morgan fingerprint density at radius 1 is 1.19 bits per heavy atom. The van der Waals surface area contributed by atoms with Crippen molar-refractivity contribution in [1.82, 2.24) is 30.4 Å². The largest absolute Gasteiger partial charge is 0.376 e. The standard InChI is InChI=1S/C26H35N7O3S/c1-17(2)27-9-10-32(16-25(35)31(5)33-14-21-8-11-37-23(21)15-33)24(34)13-28-22-12-20(7-6-18(22)3)26-29-19(4)36-30-26/h6-8,11-12,17,27-28H,9-10,13-16H2,1-5H3. The first-order chi connectivity index (χ1) is 17.7. The van der Waals surface area contributed by atoms with Gasteiger partial charge in [-0.25, -0.2) is 5.01 Å². The van der Waals surface area contributed by atoms with E-state index in [0.29, 0.717) is 31.3 Å². The molecule has 0 bridgehead atoms. The Hall–Kier alpha value is -3.28. The minimum atomic E-state index is -0.145. The molecular weight excluding hydrogens is 490 g/mol. The third-order valence-electron chi connectivity index (χ3n) is 6.37. The van der Waals surface area contributed by atoms with Gasteiger partial charge in [0.2, 0.25) is 17.6 Å². The number of fused-ring (bicyclic) bond motifs is 1. The van der Waals surface area contributed by atoms with Crippen LogP contribution in [0.5, 0.6) is 0 Å². The third kappa shape index (κ3) is 6.73. The molecule has 3 heterocycles. The Bertz CT molecular complexity index is 1220. The molecule has 0 aliphatic carbocycles. The number of nitrogens with zero attached hydrogens (tertiary/aromatic N) is 5. The van der Waals surface area contributed by atoms with E-state index in [0.717, 1.165) is 23.4 Å². The number of nitrogens with one attached hydrogen (secondary N) is 2. The number of hydrogen-bond acceptors (Lipinski definition) is 9. The third-order valence-corrected chi connectivity index (χ3v) is 7.32. The summed E-state index contributed by atoms with van der Waals surface area (Å²) in [5.74, 6) is 0.731. The number of aryl methyl sites for hydroxylation is 2. The van der Waals surface area contributed by atoms with Crippen LogP contribution in [-0.2, 0) is 22.7 Å². The zero-order valence-electron chi connectivity index (χ0n) is 22.1. The summed E-state index contributed by atoms with van der Waals surface area (Å²) in [7, 11) is 1.78. The second kappa shape index (κ2) is 11.8. The number of amides is 2. The van der Waals surface area contributed by atoms with Gasteiger partial charge in [0, 0.05) is 55.8 Å². The topological polar surface area (TPSA) is 107 Å². The van der Waals surface area contributed by atoms with E-state index in [1.54, 1.807) is 35.2 Å². The normalized spacial score (nSPS) is 13.1. The highest BCUT2D eigenvalue weighted by Gasteiger charge is 2.28. The van der Waals surface area contributed by atoms with Crippen LogP contribution in [0.1, 0.15) is 35.7 Å². The summed E-state index contributed by atoms with van der Waals surface area (Å²) in [5, 5.41) is 16.3. The van der Waals surface area contributed by atoms with E-state index in [-0.39, 0.29) is 30.9 Å². The molecule has 0 radical (unpaired) electrons. The highest BCUT2D eigenvalue weighted by atomic mass is 32.1. The first-order valence-electron chi connectivity index (χ1n) is 12.4. The SMILES string of the molecule is Cc1nc(-c2ccc(C)c(NCC(=O)N(CCNC(C)C)CC(=O)N(C)N3Cc4ccsc4C3)c2)no1. The maximum Gasteiger partial charge on any atom is 0.256 e. The summed E-state index contributed by atoms with van der Waals surface area (Å²) in [6.45, 7) is 10.4. The highest BCUT2D eigenvalue weighted by molar-refractivity contribution is 7.10. The van der Waals surface area contributed by atoms with Crippen LogP contribution in [-0.4, -0.2) is 76.1 Å². The second-order valence-electron chi connectivity index (χ2n) is 9.55. The van der Waals surface area contributed by atoms with Gasteiger partial charge in [0.25, 0.3) is 5.91 Å². The number of benzene rings is 1. The van der Waals surface area contributed by atoms with Crippen molar-refractivity contribution in [2.24, 2.45) is 0 Å². The molecule has 0 fully saturated rings. The molecule has 0 spiro atoms. The van der Waals surface area contributed by atoms with Gasteiger partial charge < -0.3 is 20.1 Å². The molecule has 4 rings (SSSR count). The Labute approximate surface area is 221 Å². The van der Waals surface area contributed by atoms with Crippen molar-refractivity contribution in [1.29, 1.82) is 0 Å². The molecule has 1 aliphatic rings. The summed E-state index contributed by atoms with van der Waals surface area (Å²) in [4.78, 5) is 33.7. The van der Waals surface area contributed by atoms with Crippen LogP contribution in [0.15, 0.2) is 34.2 Å². The summed E-state index contributed by atoms with van der Waals surface area (Å²) < 4.78 is 5.09. The van der Waals surface area contributed by atoms with Gasteiger partial charge in [-0.3, -0.25) is 14.6 Å². The summed E-state index contributed by atoms with van der Waals surface area (Å²) in [5.41, 5.74) is 3.85. The zero-order valence-corrected chi connectivity index (χ0v) is 22.9. The number of likely N-dealkylation sites (N-methyl/N-ethyl adjacent to an activating group) is 1. The van der Waals surface area contributed by atoms with Crippen LogP contribution in [0, 0.1) is 13.8 Å². The van der Waals surface area contributed by atoms with Crippen molar-refractivity contribution in [3.63, 3.8) is 0 Å². The highest BCUT2D eigenvalue weighted by Crippen LogP contribution is 2.28. The molecule has 0 saturated carbocycles. The molecular formula is C26H35N7O3S. The van der Waals surface area contributed by atoms with Crippen LogP contribution >= 0.6 is 11.3 Å². The van der Waals surface area contributed by atoms with Crippen molar-refractivity contribution >= 4 is 28.8 Å². The number of rotatable bonds is 11. The van der Waals surface area contributed by atoms with E-state index in [1.807, 2.05) is 30.1 Å². The van der Waals surface area contributed by atoms with Crippen molar-refractivity contribution in [3.05, 3.63) is 51.5 Å². The molecule has 0 atom stereocenters. The molecule has 2 N–H and O–H groups in total. The van der Waals surface area contributed by atoms with Gasteiger partial charge in [0.1, 0.15) is 6.54 Å². The van der Waals surface area contributed by atoms with Crippen molar-refractivity contribution in [3.8, 4) is 11.4 Å². The Morgan fingerprint density at radius 3 is 2.70 bits per heavy atom. The molecule has 2 aromatic heterocycles. The number of carbonyl (C=O) groups is 2. The van der Waals surface area contributed by atoms with Crippen molar-refractivity contribution in [2.75, 3.05) is 38.5 Å². The van der Waals surface area contributed by atoms with E-state index in [1.165, 1.54) is 10.4 Å². The van der Waals surface area contributed by atoms with Gasteiger partial charge in [-0.05, 0) is 35.6 Å². The fourth-order valence-electron chi connectivity index (χ4n) is 4.13. The quantitative estimate of drug-likeness (QED) is 0.394. The van der Waals surface area contributed by atoms with Crippen LogP contribution in [0.2, 0.25) is 0 Å². The lowest BCUT2D eigenvalue weighted by molar-refractivity contribution is -0.151. The summed E-state index contributed by atoms with van der Waals surface area (Å²) >= 11 is 1.71. The zero-order chi connectivity index (χ0) is 26.5. The van der Waals surface area contributed by atoms with E-state index >= 15 is 0 Å². The minimum absolute atomic E-state index is 0.0160. The molecule has 2 amide bonds. The fourth-order valence-corrected chi connectivity index (χ4v) is 5.04. The lowest BCUT2D eigenvalue weighted by Gasteiger charge is -2.31. The van der Waals surface area contributed by atoms with Crippen molar-refractivity contribution in [2.45, 2.75) is 46.8 Å². The van der Waals surface area contributed by atoms with Crippen LogP contribution < -0.4 is 10.6 Å².